The number of imidazole rings is 1. The molecule has 0 saturated carbocycles. The number of carbonyl (C=O) groups is 1. The molecule has 0 aliphatic carbocycles. The smallest absolute Gasteiger partial charge is 0.257 e. The molecule has 0 saturated heterocycles. The van der Waals surface area contributed by atoms with Crippen molar-refractivity contribution in [2.24, 2.45) is 0 Å². The Balaban J connectivity index is 0.00000147. The van der Waals surface area contributed by atoms with E-state index < -0.39 is 0 Å². The highest BCUT2D eigenvalue weighted by molar-refractivity contribution is 5.95. The second kappa shape index (κ2) is 5.80. The van der Waals surface area contributed by atoms with Gasteiger partial charge in [-0.15, -0.1) is 0 Å². The van der Waals surface area contributed by atoms with E-state index in [9.17, 15) is 4.79 Å². The van der Waals surface area contributed by atoms with Crippen LogP contribution < -0.4 is 17.0 Å². The fraction of sp³-hybridized carbons (Fsp3) is 0.375. The largest absolute Gasteiger partial charge is 1.00 e. The third-order valence-corrected chi connectivity index (χ3v) is 3.88. The molecule has 0 N–H and O–H groups in total. The lowest BCUT2D eigenvalue weighted by Gasteiger charge is -2.01. The fourth-order valence-electron chi connectivity index (χ4n) is 2.83. The van der Waals surface area contributed by atoms with Crippen LogP contribution in [0.5, 0.6) is 0 Å². The van der Waals surface area contributed by atoms with Crippen molar-refractivity contribution in [1.82, 2.24) is 4.57 Å². The Morgan fingerprint density at radius 2 is 1.95 bits per heavy atom. The number of ketones is 1. The first-order valence-electron chi connectivity index (χ1n) is 6.83. The van der Waals surface area contributed by atoms with Gasteiger partial charge < -0.3 is 12.4 Å². The topological polar surface area (TPSA) is 25.9 Å². The number of hydrogen-bond donors (Lipinski definition) is 0. The number of benzene rings is 1. The summed E-state index contributed by atoms with van der Waals surface area (Å²) in [6, 6.07) is 7.82. The van der Waals surface area contributed by atoms with Crippen molar-refractivity contribution in [1.29, 1.82) is 0 Å². The maximum Gasteiger partial charge on any atom is 0.257 e. The highest BCUT2D eigenvalue weighted by atomic mass is 35.5. The highest BCUT2D eigenvalue weighted by Gasteiger charge is 2.27. The minimum atomic E-state index is 0. The molecular weight excluding hydrogens is 272 g/mol. The SMILES string of the molecule is Cc1ccc(C(=O)C[n+]2cc(C)n3c2CCC3)cc1.[Cl-]. The molecule has 1 aromatic carbocycles. The number of carbonyl (C=O) groups excluding carboxylic acids is 1. The first-order chi connectivity index (χ1) is 9.15. The average molecular weight is 291 g/mol. The highest BCUT2D eigenvalue weighted by Crippen LogP contribution is 2.14. The molecule has 1 aliphatic heterocycles. The van der Waals surface area contributed by atoms with Gasteiger partial charge in [0.1, 0.15) is 11.9 Å². The van der Waals surface area contributed by atoms with E-state index in [-0.39, 0.29) is 18.2 Å². The molecule has 0 unspecified atom stereocenters. The van der Waals surface area contributed by atoms with Crippen molar-refractivity contribution < 1.29 is 21.8 Å². The molecule has 20 heavy (non-hydrogen) atoms. The van der Waals surface area contributed by atoms with Crippen LogP contribution in [0.1, 0.15) is 33.9 Å². The Hall–Kier alpha value is -1.61. The molecule has 0 amide bonds. The molecule has 3 nitrogen and oxygen atoms in total. The average Bonchev–Trinajstić information content (AvgIpc) is 2.96. The predicted molar refractivity (Wildman–Crippen MR) is 73.2 cm³/mol. The number of fused-ring (bicyclic) bond motifs is 1. The van der Waals surface area contributed by atoms with E-state index in [0.29, 0.717) is 6.54 Å². The Kier molecular flexibility index (Phi) is 4.29. The van der Waals surface area contributed by atoms with Gasteiger partial charge >= 0.3 is 0 Å². The molecule has 1 aliphatic rings. The summed E-state index contributed by atoms with van der Waals surface area (Å²) < 4.78 is 4.44. The Bertz CT molecular complexity index is 629. The van der Waals surface area contributed by atoms with Crippen LogP contribution in [0, 0.1) is 13.8 Å². The standard InChI is InChI=1S/C16H19N2O.ClH/c1-12-5-7-14(8-6-12)15(19)11-17-10-13(2)18-9-3-4-16(17)18;/h5-8,10H,3-4,9,11H2,1-2H3;1H/q+1;/p-1. The number of aryl methyl sites for hydroxylation is 2. The molecule has 0 bridgehead atoms. The van der Waals surface area contributed by atoms with E-state index in [1.807, 2.05) is 31.2 Å². The van der Waals surface area contributed by atoms with Crippen LogP contribution in [0.2, 0.25) is 0 Å². The van der Waals surface area contributed by atoms with Crippen molar-refractivity contribution in [2.75, 3.05) is 0 Å². The lowest BCUT2D eigenvalue weighted by molar-refractivity contribution is -0.689. The third-order valence-electron chi connectivity index (χ3n) is 3.88. The van der Waals surface area contributed by atoms with Gasteiger partial charge in [-0.1, -0.05) is 29.8 Å². The van der Waals surface area contributed by atoms with Crippen LogP contribution in [-0.4, -0.2) is 10.4 Å². The zero-order valence-electron chi connectivity index (χ0n) is 11.9. The lowest BCUT2D eigenvalue weighted by atomic mass is 10.1. The van der Waals surface area contributed by atoms with Crippen LogP contribution in [0.4, 0.5) is 0 Å². The number of halogens is 1. The van der Waals surface area contributed by atoms with E-state index in [1.165, 1.54) is 23.5 Å². The number of hydrogen-bond acceptors (Lipinski definition) is 1. The van der Waals surface area contributed by atoms with Crippen molar-refractivity contribution in [2.45, 2.75) is 39.8 Å². The molecule has 1 aromatic heterocycles. The predicted octanol–water partition coefficient (Wildman–Crippen LogP) is -0.774. The van der Waals surface area contributed by atoms with Gasteiger partial charge in [0.05, 0.1) is 13.0 Å². The maximum atomic E-state index is 12.3. The monoisotopic (exact) mass is 290 g/mol. The third kappa shape index (κ3) is 2.63. The van der Waals surface area contributed by atoms with E-state index in [0.717, 1.165) is 18.5 Å². The van der Waals surface area contributed by atoms with Gasteiger partial charge in [0.15, 0.2) is 6.54 Å². The van der Waals surface area contributed by atoms with Gasteiger partial charge in [-0.2, -0.15) is 0 Å². The van der Waals surface area contributed by atoms with Crippen LogP contribution in [0.25, 0.3) is 0 Å². The zero-order chi connectivity index (χ0) is 13.4. The van der Waals surface area contributed by atoms with Crippen LogP contribution in [0.15, 0.2) is 30.5 Å². The summed E-state index contributed by atoms with van der Waals surface area (Å²) in [5, 5.41) is 0. The number of aromatic nitrogens is 2. The normalized spacial score (nSPS) is 12.9. The fourth-order valence-corrected chi connectivity index (χ4v) is 2.83. The zero-order valence-corrected chi connectivity index (χ0v) is 12.7. The van der Waals surface area contributed by atoms with Crippen molar-refractivity contribution >= 4 is 5.78 Å². The number of rotatable bonds is 3. The van der Waals surface area contributed by atoms with E-state index in [4.69, 9.17) is 0 Å². The summed E-state index contributed by atoms with van der Waals surface area (Å²) >= 11 is 0. The first kappa shape index (κ1) is 14.8. The minimum absolute atomic E-state index is 0. The Morgan fingerprint density at radius 3 is 2.65 bits per heavy atom. The van der Waals surface area contributed by atoms with Gasteiger partial charge in [-0.05, 0) is 13.3 Å². The molecule has 0 fully saturated rings. The van der Waals surface area contributed by atoms with Crippen LogP contribution in [0.3, 0.4) is 0 Å². The molecule has 0 radical (unpaired) electrons. The first-order valence-corrected chi connectivity index (χ1v) is 6.83. The van der Waals surface area contributed by atoms with E-state index in [1.54, 1.807) is 0 Å². The van der Waals surface area contributed by atoms with E-state index >= 15 is 0 Å². The van der Waals surface area contributed by atoms with Gasteiger partial charge in [0, 0.05) is 12.5 Å². The van der Waals surface area contributed by atoms with Crippen LogP contribution >= 0.6 is 0 Å². The van der Waals surface area contributed by atoms with E-state index in [2.05, 4.69) is 22.3 Å². The molecule has 0 spiro atoms. The lowest BCUT2D eigenvalue weighted by Crippen LogP contribution is -3.00. The van der Waals surface area contributed by atoms with Gasteiger partial charge in [0.25, 0.3) is 5.82 Å². The van der Waals surface area contributed by atoms with Crippen molar-refractivity contribution in [3.8, 4) is 0 Å². The summed E-state index contributed by atoms with van der Waals surface area (Å²) in [4.78, 5) is 12.3. The molecule has 2 heterocycles. The minimum Gasteiger partial charge on any atom is -1.00 e. The summed E-state index contributed by atoms with van der Waals surface area (Å²) in [6.07, 6.45) is 4.37. The molecular formula is C16H19ClN2O. The Labute approximate surface area is 125 Å². The maximum absolute atomic E-state index is 12.3. The second-order valence-electron chi connectivity index (χ2n) is 5.36. The van der Waals surface area contributed by atoms with Gasteiger partial charge in [0.2, 0.25) is 5.78 Å². The molecule has 2 aromatic rings. The summed E-state index contributed by atoms with van der Waals surface area (Å²) in [5.41, 5.74) is 3.24. The van der Waals surface area contributed by atoms with Gasteiger partial charge in [-0.3, -0.25) is 4.79 Å². The van der Waals surface area contributed by atoms with Crippen LogP contribution in [-0.2, 0) is 19.5 Å². The second-order valence-corrected chi connectivity index (χ2v) is 5.36. The summed E-state index contributed by atoms with van der Waals surface area (Å²) in [7, 11) is 0. The molecule has 106 valence electrons. The van der Waals surface area contributed by atoms with Crippen molar-refractivity contribution in [3.05, 3.63) is 53.1 Å². The number of Topliss-reactive ketones (excluding diaryl/α,β-unsaturated/α-hetero) is 1. The molecule has 0 atom stereocenters. The molecule has 4 heteroatoms. The number of nitrogens with zero attached hydrogens (tertiary/aromatic N) is 2. The molecule has 3 rings (SSSR count). The van der Waals surface area contributed by atoms with Gasteiger partial charge in [-0.25, -0.2) is 9.13 Å². The Morgan fingerprint density at radius 1 is 1.25 bits per heavy atom. The quantitative estimate of drug-likeness (QED) is 0.538. The summed E-state index contributed by atoms with van der Waals surface area (Å²) in [5.74, 6) is 1.48. The summed E-state index contributed by atoms with van der Waals surface area (Å²) in [6.45, 7) is 5.69. The van der Waals surface area contributed by atoms with Crippen molar-refractivity contribution in [3.63, 3.8) is 0 Å².